The predicted molar refractivity (Wildman–Crippen MR) is 86.9 cm³/mol. The van der Waals surface area contributed by atoms with E-state index in [1.54, 1.807) is 0 Å². The van der Waals surface area contributed by atoms with Crippen molar-refractivity contribution in [3.63, 3.8) is 0 Å². The Hall–Kier alpha value is -2.29. The normalized spacial score (nSPS) is 17.8. The van der Waals surface area contributed by atoms with E-state index in [0.717, 1.165) is 13.0 Å². The molecule has 3 rings (SSSR count). The van der Waals surface area contributed by atoms with Gasteiger partial charge in [0.15, 0.2) is 0 Å². The van der Waals surface area contributed by atoms with E-state index in [2.05, 4.69) is 31.2 Å². The van der Waals surface area contributed by atoms with Crippen LogP contribution in [0.15, 0.2) is 60.7 Å². The van der Waals surface area contributed by atoms with Crippen LogP contribution >= 0.6 is 0 Å². The van der Waals surface area contributed by atoms with Crippen LogP contribution in [0.3, 0.4) is 0 Å². The molecule has 3 heteroatoms. The number of carbonyl (C=O) groups excluding carboxylic acids is 1. The van der Waals surface area contributed by atoms with Crippen molar-refractivity contribution in [2.24, 2.45) is 0 Å². The van der Waals surface area contributed by atoms with Crippen LogP contribution in [-0.2, 0) is 4.74 Å². The maximum absolute atomic E-state index is 12.0. The van der Waals surface area contributed by atoms with Crippen molar-refractivity contribution in [3.05, 3.63) is 71.8 Å². The summed E-state index contributed by atoms with van der Waals surface area (Å²) >= 11 is 0. The summed E-state index contributed by atoms with van der Waals surface area (Å²) in [6.07, 6.45) is 0.621. The molecule has 22 heavy (non-hydrogen) atoms. The minimum Gasteiger partial charge on any atom is -0.443 e. The molecule has 1 heterocycles. The lowest BCUT2D eigenvalue weighted by molar-refractivity contribution is 0.126. The molecule has 2 aromatic carbocycles. The van der Waals surface area contributed by atoms with Crippen molar-refractivity contribution in [2.45, 2.75) is 25.4 Å². The highest BCUT2D eigenvalue weighted by Gasteiger charge is 2.37. The van der Waals surface area contributed by atoms with Gasteiger partial charge >= 0.3 is 6.09 Å². The van der Waals surface area contributed by atoms with Crippen LogP contribution in [0.1, 0.15) is 30.4 Å². The summed E-state index contributed by atoms with van der Waals surface area (Å²) in [6, 6.07) is 20.6. The second-order valence-corrected chi connectivity index (χ2v) is 5.67. The minimum atomic E-state index is -0.191. The van der Waals surface area contributed by atoms with Crippen LogP contribution < -0.4 is 0 Å². The van der Waals surface area contributed by atoms with Crippen molar-refractivity contribution in [1.29, 1.82) is 0 Å². The smallest absolute Gasteiger partial charge is 0.410 e. The highest BCUT2D eigenvalue weighted by atomic mass is 16.6. The van der Waals surface area contributed by atoms with Gasteiger partial charge in [0.2, 0.25) is 0 Å². The summed E-state index contributed by atoms with van der Waals surface area (Å²) < 4.78 is 5.68. The summed E-state index contributed by atoms with van der Waals surface area (Å²) in [4.78, 5) is 13.9. The second-order valence-electron chi connectivity index (χ2n) is 5.67. The Morgan fingerprint density at radius 1 is 1.05 bits per heavy atom. The molecular formula is C19H21NO2. The van der Waals surface area contributed by atoms with Gasteiger partial charge in [-0.1, -0.05) is 67.6 Å². The van der Waals surface area contributed by atoms with E-state index in [-0.39, 0.29) is 18.1 Å². The van der Waals surface area contributed by atoms with Crippen LogP contribution in [0, 0.1) is 0 Å². The van der Waals surface area contributed by atoms with Crippen molar-refractivity contribution in [3.8, 4) is 0 Å². The first-order valence-corrected chi connectivity index (χ1v) is 7.85. The van der Waals surface area contributed by atoms with Gasteiger partial charge in [-0.25, -0.2) is 4.79 Å². The quantitative estimate of drug-likeness (QED) is 0.833. The lowest BCUT2D eigenvalue weighted by Gasteiger charge is -2.23. The Balaban J connectivity index is 1.92. The fourth-order valence-electron chi connectivity index (χ4n) is 3.10. The number of hydrogen-bond acceptors (Lipinski definition) is 2. The first-order chi connectivity index (χ1) is 10.8. The molecule has 1 aliphatic rings. The first-order valence-electron chi connectivity index (χ1n) is 7.85. The molecular weight excluding hydrogens is 274 g/mol. The lowest BCUT2D eigenvalue weighted by Crippen LogP contribution is -2.28. The number of rotatable bonds is 5. The monoisotopic (exact) mass is 295 g/mol. The maximum atomic E-state index is 12.0. The van der Waals surface area contributed by atoms with E-state index in [0.29, 0.717) is 6.54 Å². The van der Waals surface area contributed by atoms with E-state index in [1.165, 1.54) is 11.1 Å². The number of nitrogens with zero attached hydrogens (tertiary/aromatic N) is 1. The third-order valence-electron chi connectivity index (χ3n) is 4.09. The Labute approximate surface area is 131 Å². The molecule has 1 fully saturated rings. The zero-order chi connectivity index (χ0) is 15.4. The van der Waals surface area contributed by atoms with Gasteiger partial charge in [-0.05, 0) is 17.5 Å². The highest BCUT2D eigenvalue weighted by molar-refractivity contribution is 5.70. The molecule has 1 amide bonds. The topological polar surface area (TPSA) is 29.5 Å². The number of hydrogen-bond donors (Lipinski definition) is 0. The number of ether oxygens (including phenoxy) is 1. The van der Waals surface area contributed by atoms with E-state index >= 15 is 0 Å². The Kier molecular flexibility index (Phi) is 4.42. The molecule has 1 saturated heterocycles. The third-order valence-corrected chi connectivity index (χ3v) is 4.09. The molecule has 0 radical (unpaired) electrons. The van der Waals surface area contributed by atoms with Crippen molar-refractivity contribution in [2.75, 3.05) is 13.1 Å². The Bertz CT molecular complexity index is 572. The lowest BCUT2D eigenvalue weighted by atomic mass is 9.86. The van der Waals surface area contributed by atoms with Gasteiger partial charge in [-0.3, -0.25) is 0 Å². The van der Waals surface area contributed by atoms with Gasteiger partial charge in [0.1, 0.15) is 6.10 Å². The molecule has 1 unspecified atom stereocenters. The fraction of sp³-hybridized carbons (Fsp3) is 0.316. The maximum Gasteiger partial charge on any atom is 0.410 e. The minimum absolute atomic E-state index is 0.0770. The second kappa shape index (κ2) is 6.65. The predicted octanol–water partition coefficient (Wildman–Crippen LogP) is 4.05. The number of amides is 1. The van der Waals surface area contributed by atoms with Gasteiger partial charge < -0.3 is 9.64 Å². The first kappa shape index (κ1) is 14.6. The summed E-state index contributed by atoms with van der Waals surface area (Å²) in [5.41, 5.74) is 2.37. The zero-order valence-corrected chi connectivity index (χ0v) is 12.8. The molecule has 0 N–H and O–H groups in total. The van der Waals surface area contributed by atoms with Gasteiger partial charge in [0.05, 0.1) is 6.54 Å². The van der Waals surface area contributed by atoms with Gasteiger partial charge in [-0.15, -0.1) is 0 Å². The summed E-state index contributed by atoms with van der Waals surface area (Å²) in [7, 11) is 0. The summed E-state index contributed by atoms with van der Waals surface area (Å²) in [5.74, 6) is 0.0770. The van der Waals surface area contributed by atoms with E-state index in [9.17, 15) is 4.79 Å². The molecule has 0 bridgehead atoms. The van der Waals surface area contributed by atoms with Crippen molar-refractivity contribution >= 4 is 6.09 Å². The van der Waals surface area contributed by atoms with Crippen molar-refractivity contribution < 1.29 is 9.53 Å². The summed E-state index contributed by atoms with van der Waals surface area (Å²) in [6.45, 7) is 3.49. The number of benzene rings is 2. The zero-order valence-electron chi connectivity index (χ0n) is 12.8. The Morgan fingerprint density at radius 3 is 2.09 bits per heavy atom. The number of carbonyl (C=O) groups is 1. The molecule has 3 nitrogen and oxygen atoms in total. The third kappa shape index (κ3) is 2.98. The van der Waals surface area contributed by atoms with Crippen molar-refractivity contribution in [1.82, 2.24) is 4.90 Å². The van der Waals surface area contributed by atoms with Crippen LogP contribution in [0.25, 0.3) is 0 Å². The van der Waals surface area contributed by atoms with Crippen LogP contribution in [0.4, 0.5) is 4.79 Å². The molecule has 114 valence electrons. The standard InChI is InChI=1S/C19H21NO2/c1-2-13-20-14-17(22-19(20)21)18(15-9-5-3-6-10-15)16-11-7-4-8-12-16/h3-12,17-18H,2,13-14H2,1H3. The SMILES string of the molecule is CCCN1CC(C(c2ccccc2)c2ccccc2)OC1=O. The highest BCUT2D eigenvalue weighted by Crippen LogP contribution is 2.33. The van der Waals surface area contributed by atoms with Crippen LogP contribution in [0.2, 0.25) is 0 Å². The molecule has 0 saturated carbocycles. The van der Waals surface area contributed by atoms with E-state index in [4.69, 9.17) is 4.74 Å². The Morgan fingerprint density at radius 2 is 1.59 bits per heavy atom. The van der Waals surface area contributed by atoms with E-state index in [1.807, 2.05) is 41.3 Å². The van der Waals surface area contributed by atoms with Gasteiger partial charge in [0, 0.05) is 12.5 Å². The molecule has 0 aliphatic carbocycles. The van der Waals surface area contributed by atoms with Gasteiger partial charge in [0.25, 0.3) is 0 Å². The average Bonchev–Trinajstić information content (AvgIpc) is 2.91. The molecule has 0 spiro atoms. The fourth-order valence-corrected chi connectivity index (χ4v) is 3.10. The largest absolute Gasteiger partial charge is 0.443 e. The van der Waals surface area contributed by atoms with Gasteiger partial charge in [-0.2, -0.15) is 0 Å². The molecule has 0 aromatic heterocycles. The molecule has 1 aliphatic heterocycles. The molecule has 2 aromatic rings. The van der Waals surface area contributed by atoms with Crippen LogP contribution in [0.5, 0.6) is 0 Å². The number of cyclic esters (lactones) is 1. The average molecular weight is 295 g/mol. The van der Waals surface area contributed by atoms with Crippen LogP contribution in [-0.4, -0.2) is 30.2 Å². The summed E-state index contributed by atoms with van der Waals surface area (Å²) in [5, 5.41) is 0. The van der Waals surface area contributed by atoms with E-state index < -0.39 is 0 Å². The molecule has 1 atom stereocenters.